The summed E-state index contributed by atoms with van der Waals surface area (Å²) in [6.45, 7) is 1.94. The summed E-state index contributed by atoms with van der Waals surface area (Å²) >= 11 is 6.36. The number of ether oxygens (including phenoxy) is 2. The fourth-order valence-corrected chi connectivity index (χ4v) is 3.20. The molecule has 0 saturated carbocycles. The highest BCUT2D eigenvalue weighted by molar-refractivity contribution is 6.36. The molecule has 158 valence electrons. The van der Waals surface area contributed by atoms with Gasteiger partial charge in [0.2, 0.25) is 0 Å². The van der Waals surface area contributed by atoms with Crippen molar-refractivity contribution in [2.45, 2.75) is 6.92 Å². The Morgan fingerprint density at radius 2 is 1.65 bits per heavy atom. The smallest absolute Gasteiger partial charge is 0.341 e. The molecule has 1 N–H and O–H groups in total. The maximum absolute atomic E-state index is 13.2. The summed E-state index contributed by atoms with van der Waals surface area (Å²) in [6, 6.07) is 21.8. The molecule has 0 saturated heterocycles. The van der Waals surface area contributed by atoms with E-state index in [1.54, 1.807) is 6.92 Å². The number of hydrogen-bond donors (Lipinski definition) is 1. The van der Waals surface area contributed by atoms with Crippen molar-refractivity contribution in [3.8, 4) is 5.75 Å². The molecule has 0 aliphatic rings. The second kappa shape index (κ2) is 10.5. The first-order valence-electron chi connectivity index (χ1n) is 9.71. The summed E-state index contributed by atoms with van der Waals surface area (Å²) in [5, 5.41) is 3.03. The standard InChI is InChI=1S/C25H22ClNO4/c1-3-31-25(29)20-15-21(26)22(16-23(20)30-2)27-24(28)19(18-12-8-5-9-13-18)14-17-10-6-4-7-11-17/h4-16H,3H2,1-2H3,(H,27,28)/b19-14+. The van der Waals surface area contributed by atoms with E-state index in [1.807, 2.05) is 66.7 Å². The van der Waals surface area contributed by atoms with Gasteiger partial charge in [0.05, 0.1) is 24.4 Å². The second-order valence-electron chi connectivity index (χ2n) is 6.54. The zero-order chi connectivity index (χ0) is 22.2. The summed E-state index contributed by atoms with van der Waals surface area (Å²) in [5.74, 6) is -0.637. The molecule has 0 aliphatic carbocycles. The molecule has 3 aromatic rings. The van der Waals surface area contributed by atoms with Crippen LogP contribution in [0.25, 0.3) is 11.6 Å². The van der Waals surface area contributed by atoms with Crippen molar-refractivity contribution in [2.24, 2.45) is 0 Å². The highest BCUT2D eigenvalue weighted by atomic mass is 35.5. The van der Waals surface area contributed by atoms with E-state index in [2.05, 4.69) is 5.32 Å². The van der Waals surface area contributed by atoms with Crippen molar-refractivity contribution < 1.29 is 19.1 Å². The van der Waals surface area contributed by atoms with Gasteiger partial charge in [-0.25, -0.2) is 4.79 Å². The first kappa shape index (κ1) is 22.1. The first-order valence-corrected chi connectivity index (χ1v) is 10.1. The third-order valence-corrected chi connectivity index (χ3v) is 4.79. The number of nitrogens with one attached hydrogen (secondary N) is 1. The molecule has 0 heterocycles. The fraction of sp³-hybridized carbons (Fsp3) is 0.120. The molecule has 0 bridgehead atoms. The van der Waals surface area contributed by atoms with Crippen LogP contribution < -0.4 is 10.1 Å². The van der Waals surface area contributed by atoms with Crippen LogP contribution >= 0.6 is 11.6 Å². The number of rotatable bonds is 7. The Morgan fingerprint density at radius 3 is 2.26 bits per heavy atom. The van der Waals surface area contributed by atoms with Crippen LogP contribution in [0, 0.1) is 0 Å². The van der Waals surface area contributed by atoms with Gasteiger partial charge in [-0.1, -0.05) is 72.3 Å². The van der Waals surface area contributed by atoms with Crippen LogP contribution in [0.2, 0.25) is 5.02 Å². The number of halogens is 1. The van der Waals surface area contributed by atoms with Gasteiger partial charge in [0.1, 0.15) is 11.3 Å². The van der Waals surface area contributed by atoms with Gasteiger partial charge in [-0.15, -0.1) is 0 Å². The van der Waals surface area contributed by atoms with E-state index in [0.29, 0.717) is 11.3 Å². The number of hydrogen-bond acceptors (Lipinski definition) is 4. The number of amides is 1. The number of methoxy groups -OCH3 is 1. The van der Waals surface area contributed by atoms with E-state index in [9.17, 15) is 9.59 Å². The monoisotopic (exact) mass is 435 g/mol. The lowest BCUT2D eigenvalue weighted by atomic mass is 10.0. The lowest BCUT2D eigenvalue weighted by Crippen LogP contribution is -2.15. The van der Waals surface area contributed by atoms with Crippen LogP contribution in [0.15, 0.2) is 72.8 Å². The number of esters is 1. The number of carbonyl (C=O) groups excluding carboxylic acids is 2. The predicted molar refractivity (Wildman–Crippen MR) is 123 cm³/mol. The van der Waals surface area contributed by atoms with Crippen LogP contribution in [0.5, 0.6) is 5.75 Å². The van der Waals surface area contributed by atoms with E-state index < -0.39 is 5.97 Å². The van der Waals surface area contributed by atoms with Gasteiger partial charge in [0, 0.05) is 11.6 Å². The lowest BCUT2D eigenvalue weighted by molar-refractivity contribution is -0.111. The molecule has 0 fully saturated rings. The highest BCUT2D eigenvalue weighted by Crippen LogP contribution is 2.32. The molecule has 0 unspecified atom stereocenters. The Hall–Kier alpha value is -3.57. The largest absolute Gasteiger partial charge is 0.496 e. The number of carbonyl (C=O) groups is 2. The minimum absolute atomic E-state index is 0.190. The Kier molecular flexibility index (Phi) is 7.46. The second-order valence-corrected chi connectivity index (χ2v) is 6.95. The van der Waals surface area contributed by atoms with E-state index in [1.165, 1.54) is 19.2 Å². The van der Waals surface area contributed by atoms with E-state index in [4.69, 9.17) is 21.1 Å². The lowest BCUT2D eigenvalue weighted by Gasteiger charge is -2.14. The summed E-state index contributed by atoms with van der Waals surface area (Å²) < 4.78 is 10.3. The highest BCUT2D eigenvalue weighted by Gasteiger charge is 2.19. The van der Waals surface area contributed by atoms with Gasteiger partial charge in [-0.3, -0.25) is 4.79 Å². The third-order valence-electron chi connectivity index (χ3n) is 4.47. The zero-order valence-electron chi connectivity index (χ0n) is 17.2. The van der Waals surface area contributed by atoms with Crippen LogP contribution in [-0.2, 0) is 9.53 Å². The van der Waals surface area contributed by atoms with Crippen LogP contribution in [0.4, 0.5) is 5.69 Å². The topological polar surface area (TPSA) is 64.6 Å². The van der Waals surface area contributed by atoms with Crippen molar-refractivity contribution in [2.75, 3.05) is 19.0 Å². The minimum atomic E-state index is -0.548. The molecular weight excluding hydrogens is 414 g/mol. The molecule has 6 heteroatoms. The molecule has 0 atom stereocenters. The molecule has 0 spiro atoms. The van der Waals surface area contributed by atoms with Gasteiger partial charge in [-0.2, -0.15) is 0 Å². The van der Waals surface area contributed by atoms with E-state index in [-0.39, 0.29) is 28.8 Å². The molecule has 1 amide bonds. The van der Waals surface area contributed by atoms with Crippen molar-refractivity contribution in [3.63, 3.8) is 0 Å². The zero-order valence-corrected chi connectivity index (χ0v) is 18.0. The quantitative estimate of drug-likeness (QED) is 0.293. The van der Waals surface area contributed by atoms with E-state index in [0.717, 1.165) is 11.1 Å². The fourth-order valence-electron chi connectivity index (χ4n) is 2.99. The third kappa shape index (κ3) is 5.53. The van der Waals surface area contributed by atoms with Crippen molar-refractivity contribution in [3.05, 3.63) is 94.5 Å². The van der Waals surface area contributed by atoms with Crippen LogP contribution in [-0.4, -0.2) is 25.6 Å². The Morgan fingerprint density at radius 1 is 1.00 bits per heavy atom. The molecule has 3 rings (SSSR count). The molecule has 0 radical (unpaired) electrons. The Labute approximate surface area is 186 Å². The van der Waals surface area contributed by atoms with Crippen molar-refractivity contribution >= 4 is 40.8 Å². The molecule has 3 aromatic carbocycles. The number of benzene rings is 3. The summed E-state index contributed by atoms with van der Waals surface area (Å²) in [5.41, 5.74) is 2.63. The van der Waals surface area contributed by atoms with Gasteiger partial charge < -0.3 is 14.8 Å². The normalized spacial score (nSPS) is 11.0. The molecule has 0 aromatic heterocycles. The summed E-state index contributed by atoms with van der Waals surface area (Å²) in [7, 11) is 1.43. The average molecular weight is 436 g/mol. The summed E-state index contributed by atoms with van der Waals surface area (Å²) in [6.07, 6.45) is 1.81. The maximum atomic E-state index is 13.2. The molecule has 5 nitrogen and oxygen atoms in total. The van der Waals surface area contributed by atoms with Gasteiger partial charge in [0.15, 0.2) is 0 Å². The van der Waals surface area contributed by atoms with Gasteiger partial charge in [-0.05, 0) is 30.2 Å². The Balaban J connectivity index is 1.97. The maximum Gasteiger partial charge on any atom is 0.341 e. The molecular formula is C25H22ClNO4. The summed E-state index contributed by atoms with van der Waals surface area (Å²) in [4.78, 5) is 25.4. The van der Waals surface area contributed by atoms with Crippen molar-refractivity contribution in [1.82, 2.24) is 0 Å². The van der Waals surface area contributed by atoms with Crippen LogP contribution in [0.3, 0.4) is 0 Å². The van der Waals surface area contributed by atoms with Crippen molar-refractivity contribution in [1.29, 1.82) is 0 Å². The van der Waals surface area contributed by atoms with E-state index >= 15 is 0 Å². The van der Waals surface area contributed by atoms with Gasteiger partial charge >= 0.3 is 5.97 Å². The average Bonchev–Trinajstić information content (AvgIpc) is 2.79. The Bertz CT molecular complexity index is 1100. The molecule has 0 aliphatic heterocycles. The molecule has 31 heavy (non-hydrogen) atoms. The SMILES string of the molecule is CCOC(=O)c1cc(Cl)c(NC(=O)/C(=C/c2ccccc2)c2ccccc2)cc1OC. The minimum Gasteiger partial charge on any atom is -0.496 e. The predicted octanol–water partition coefficient (Wildman–Crippen LogP) is 5.70. The van der Waals surface area contributed by atoms with Crippen LogP contribution in [0.1, 0.15) is 28.4 Å². The first-order chi connectivity index (χ1) is 15.0. The van der Waals surface area contributed by atoms with Gasteiger partial charge in [0.25, 0.3) is 5.91 Å². The number of anilines is 1.